The maximum Gasteiger partial charge on any atom is 0.268 e. The average molecular weight is 384 g/mol. The van der Waals surface area contributed by atoms with Crippen LogP contribution in [0.15, 0.2) is 58.3 Å². The van der Waals surface area contributed by atoms with E-state index in [1.807, 2.05) is 31.2 Å². The fourth-order valence-electron chi connectivity index (χ4n) is 3.38. The van der Waals surface area contributed by atoms with Crippen LogP contribution in [0.3, 0.4) is 0 Å². The molecule has 140 valence electrons. The van der Waals surface area contributed by atoms with E-state index in [1.54, 1.807) is 29.2 Å². The van der Waals surface area contributed by atoms with Crippen molar-refractivity contribution in [3.63, 3.8) is 0 Å². The molecular weight excluding hydrogens is 364 g/mol. The van der Waals surface area contributed by atoms with Gasteiger partial charge in [-0.05, 0) is 24.6 Å². The van der Waals surface area contributed by atoms with Gasteiger partial charge in [-0.1, -0.05) is 36.4 Å². The van der Waals surface area contributed by atoms with Gasteiger partial charge in [0.15, 0.2) is 4.91 Å². The van der Waals surface area contributed by atoms with Gasteiger partial charge in [-0.3, -0.25) is 4.79 Å². The van der Waals surface area contributed by atoms with Crippen molar-refractivity contribution in [2.24, 2.45) is 0 Å². The summed E-state index contributed by atoms with van der Waals surface area (Å²) in [6.07, 6.45) is 0. The predicted octanol–water partition coefficient (Wildman–Crippen LogP) is 2.42. The maximum atomic E-state index is 13.2. The SMILES string of the molecule is Cc1ccccc1NC1=C(C(=O)N2CCOCC2)S(=O)(=O)c2ccccc21. The largest absolute Gasteiger partial charge is 0.378 e. The van der Waals surface area contributed by atoms with Crippen LogP contribution in [0.2, 0.25) is 0 Å². The lowest BCUT2D eigenvalue weighted by molar-refractivity contribution is -0.130. The zero-order chi connectivity index (χ0) is 19.0. The number of nitrogens with zero attached hydrogens (tertiary/aromatic N) is 1. The Morgan fingerprint density at radius 2 is 1.70 bits per heavy atom. The fraction of sp³-hybridized carbons (Fsp3) is 0.250. The third-order valence-corrected chi connectivity index (χ3v) is 6.69. The highest BCUT2D eigenvalue weighted by atomic mass is 32.2. The lowest BCUT2D eigenvalue weighted by Crippen LogP contribution is -2.42. The average Bonchev–Trinajstić information content (AvgIpc) is 2.91. The van der Waals surface area contributed by atoms with Gasteiger partial charge < -0.3 is 15.0 Å². The van der Waals surface area contributed by atoms with E-state index in [-0.39, 0.29) is 9.80 Å². The number of para-hydroxylation sites is 1. The van der Waals surface area contributed by atoms with Crippen molar-refractivity contribution in [1.29, 1.82) is 0 Å². The van der Waals surface area contributed by atoms with Crippen LogP contribution in [0.25, 0.3) is 5.70 Å². The molecule has 0 spiro atoms. The molecule has 2 heterocycles. The minimum atomic E-state index is -3.89. The molecule has 0 aromatic heterocycles. The summed E-state index contributed by atoms with van der Waals surface area (Å²) >= 11 is 0. The Bertz CT molecular complexity index is 1040. The van der Waals surface area contributed by atoms with Crippen LogP contribution in [0.1, 0.15) is 11.1 Å². The standard InChI is InChI=1S/C20H20N2O4S/c1-14-6-2-4-8-16(14)21-18-15-7-3-5-9-17(15)27(24,25)19(18)20(23)22-10-12-26-13-11-22/h2-9,21H,10-13H2,1H3. The van der Waals surface area contributed by atoms with E-state index in [9.17, 15) is 13.2 Å². The summed E-state index contributed by atoms with van der Waals surface area (Å²) in [4.78, 5) is 14.7. The van der Waals surface area contributed by atoms with Crippen LogP contribution >= 0.6 is 0 Å². The number of sulfone groups is 1. The van der Waals surface area contributed by atoms with E-state index >= 15 is 0 Å². The zero-order valence-corrected chi connectivity index (χ0v) is 15.8. The van der Waals surface area contributed by atoms with Gasteiger partial charge in [0.25, 0.3) is 5.91 Å². The Morgan fingerprint density at radius 1 is 1.04 bits per heavy atom. The number of anilines is 1. The zero-order valence-electron chi connectivity index (χ0n) is 14.9. The molecule has 2 aliphatic rings. The van der Waals surface area contributed by atoms with E-state index in [0.29, 0.717) is 37.6 Å². The first-order valence-corrected chi connectivity index (χ1v) is 10.3. The second-order valence-corrected chi connectivity index (χ2v) is 8.40. The molecule has 6 nitrogen and oxygen atoms in total. The van der Waals surface area contributed by atoms with Gasteiger partial charge in [0.1, 0.15) is 0 Å². The van der Waals surface area contributed by atoms with Crippen molar-refractivity contribution >= 4 is 27.1 Å². The molecule has 1 fully saturated rings. The number of rotatable bonds is 3. The molecule has 0 bridgehead atoms. The molecule has 4 rings (SSSR count). The number of morpholine rings is 1. The van der Waals surface area contributed by atoms with Crippen LogP contribution in [-0.2, 0) is 19.4 Å². The van der Waals surface area contributed by atoms with Crippen LogP contribution in [0.5, 0.6) is 0 Å². The van der Waals surface area contributed by atoms with Crippen LogP contribution in [-0.4, -0.2) is 45.5 Å². The van der Waals surface area contributed by atoms with Crippen LogP contribution in [0, 0.1) is 6.92 Å². The molecule has 0 atom stereocenters. The third kappa shape index (κ3) is 3.02. The first-order chi connectivity index (χ1) is 13.0. The van der Waals surface area contributed by atoms with E-state index in [0.717, 1.165) is 11.3 Å². The Kier molecular flexibility index (Phi) is 4.49. The van der Waals surface area contributed by atoms with Gasteiger partial charge in [-0.25, -0.2) is 8.42 Å². The van der Waals surface area contributed by atoms with E-state index < -0.39 is 15.7 Å². The normalized spacial score (nSPS) is 18.3. The summed E-state index contributed by atoms with van der Waals surface area (Å²) < 4.78 is 31.6. The number of amides is 1. The number of carbonyl (C=O) groups is 1. The molecule has 2 aliphatic heterocycles. The van der Waals surface area contributed by atoms with Gasteiger partial charge in [-0.15, -0.1) is 0 Å². The topological polar surface area (TPSA) is 75.7 Å². The highest BCUT2D eigenvalue weighted by Crippen LogP contribution is 2.40. The third-order valence-electron chi connectivity index (χ3n) is 4.84. The smallest absolute Gasteiger partial charge is 0.268 e. The number of hydrogen-bond acceptors (Lipinski definition) is 5. The molecule has 1 N–H and O–H groups in total. The van der Waals surface area contributed by atoms with Crippen molar-refractivity contribution in [2.45, 2.75) is 11.8 Å². The Labute approximate surface area is 158 Å². The summed E-state index contributed by atoms with van der Waals surface area (Å²) in [5.41, 5.74) is 2.60. The Morgan fingerprint density at radius 3 is 2.44 bits per heavy atom. The molecule has 2 aromatic rings. The summed E-state index contributed by atoms with van der Waals surface area (Å²) in [6.45, 7) is 3.51. The number of ether oxygens (including phenoxy) is 1. The van der Waals surface area contributed by atoms with Crippen molar-refractivity contribution in [3.05, 3.63) is 64.6 Å². The van der Waals surface area contributed by atoms with Gasteiger partial charge in [0.2, 0.25) is 9.84 Å². The molecular formula is C20H20N2O4S. The monoisotopic (exact) mass is 384 g/mol. The minimum absolute atomic E-state index is 0.165. The lowest BCUT2D eigenvalue weighted by atomic mass is 10.1. The van der Waals surface area contributed by atoms with Crippen molar-refractivity contribution < 1.29 is 17.9 Å². The van der Waals surface area contributed by atoms with Gasteiger partial charge in [0, 0.05) is 24.3 Å². The fourth-order valence-corrected chi connectivity index (χ4v) is 5.10. The quantitative estimate of drug-likeness (QED) is 0.880. The highest BCUT2D eigenvalue weighted by molar-refractivity contribution is 7.97. The minimum Gasteiger partial charge on any atom is -0.378 e. The summed E-state index contributed by atoms with van der Waals surface area (Å²) in [7, 11) is -3.89. The van der Waals surface area contributed by atoms with Crippen molar-refractivity contribution in [2.75, 3.05) is 31.6 Å². The molecule has 0 aliphatic carbocycles. The number of aryl methyl sites for hydroxylation is 1. The number of carbonyl (C=O) groups excluding carboxylic acids is 1. The van der Waals surface area contributed by atoms with Crippen molar-refractivity contribution in [3.8, 4) is 0 Å². The Hall–Kier alpha value is -2.64. The number of nitrogens with one attached hydrogen (secondary N) is 1. The second-order valence-electron chi connectivity index (χ2n) is 6.55. The number of fused-ring (bicyclic) bond motifs is 1. The van der Waals surface area contributed by atoms with E-state index in [2.05, 4.69) is 5.32 Å². The Balaban J connectivity index is 1.86. The van der Waals surface area contributed by atoms with Gasteiger partial charge in [-0.2, -0.15) is 0 Å². The second kappa shape index (κ2) is 6.83. The molecule has 7 heteroatoms. The number of benzene rings is 2. The molecule has 2 aromatic carbocycles. The summed E-state index contributed by atoms with van der Waals surface area (Å²) in [5, 5.41) is 3.21. The molecule has 1 amide bonds. The maximum absolute atomic E-state index is 13.2. The highest BCUT2D eigenvalue weighted by Gasteiger charge is 2.42. The molecule has 1 saturated heterocycles. The predicted molar refractivity (Wildman–Crippen MR) is 103 cm³/mol. The number of hydrogen-bond donors (Lipinski definition) is 1. The van der Waals surface area contributed by atoms with Gasteiger partial charge in [0.05, 0.1) is 23.8 Å². The molecule has 0 unspecified atom stereocenters. The van der Waals surface area contributed by atoms with Gasteiger partial charge >= 0.3 is 0 Å². The van der Waals surface area contributed by atoms with E-state index in [4.69, 9.17) is 4.74 Å². The van der Waals surface area contributed by atoms with Crippen LogP contribution < -0.4 is 5.32 Å². The first-order valence-electron chi connectivity index (χ1n) is 8.78. The molecule has 27 heavy (non-hydrogen) atoms. The lowest BCUT2D eigenvalue weighted by Gasteiger charge is -2.27. The molecule has 0 saturated carbocycles. The van der Waals surface area contributed by atoms with E-state index in [1.165, 1.54) is 0 Å². The molecule has 0 radical (unpaired) electrons. The van der Waals surface area contributed by atoms with Crippen LogP contribution in [0.4, 0.5) is 5.69 Å². The summed E-state index contributed by atoms with van der Waals surface area (Å²) in [5.74, 6) is -0.481. The summed E-state index contributed by atoms with van der Waals surface area (Å²) in [6, 6.07) is 14.3. The van der Waals surface area contributed by atoms with Crippen molar-refractivity contribution in [1.82, 2.24) is 4.90 Å². The first kappa shape index (κ1) is 17.8.